The largest absolute Gasteiger partial charge is 0.508 e. The van der Waals surface area contributed by atoms with Crippen LogP contribution in [0.15, 0.2) is 52.5 Å². The first-order chi connectivity index (χ1) is 11.6. The molecule has 1 aliphatic rings. The molecule has 0 heterocycles. The summed E-state index contributed by atoms with van der Waals surface area (Å²) in [5.41, 5.74) is -0.386. The van der Waals surface area contributed by atoms with E-state index in [1.165, 1.54) is 30.4 Å². The fourth-order valence-electron chi connectivity index (χ4n) is 2.93. The van der Waals surface area contributed by atoms with Gasteiger partial charge in [-0.05, 0) is 30.2 Å². The number of phenols is 1. The highest BCUT2D eigenvalue weighted by atomic mass is 31.2. The molecule has 25 heavy (non-hydrogen) atoms. The summed E-state index contributed by atoms with van der Waals surface area (Å²) in [5, 5.41) is 41.3. The Bertz CT molecular complexity index is 791. The lowest BCUT2D eigenvalue weighted by atomic mass is 9.80. The maximum Gasteiger partial charge on any atom is 0.448 e. The van der Waals surface area contributed by atoms with Gasteiger partial charge in [0.1, 0.15) is 11.5 Å². The van der Waals surface area contributed by atoms with Crippen LogP contribution in [0.2, 0.25) is 0 Å². The first-order valence-electron chi connectivity index (χ1n) is 7.55. The van der Waals surface area contributed by atoms with Gasteiger partial charge in [0, 0.05) is 12.3 Å². The van der Waals surface area contributed by atoms with Crippen LogP contribution in [0.5, 0.6) is 5.75 Å². The van der Waals surface area contributed by atoms with Crippen molar-refractivity contribution in [3.63, 3.8) is 0 Å². The van der Waals surface area contributed by atoms with Crippen LogP contribution in [0, 0.1) is 0 Å². The second-order valence-electron chi connectivity index (χ2n) is 5.71. The van der Waals surface area contributed by atoms with Crippen molar-refractivity contribution >= 4 is 13.5 Å². The van der Waals surface area contributed by atoms with Gasteiger partial charge in [-0.2, -0.15) is 4.76 Å². The van der Waals surface area contributed by atoms with Crippen LogP contribution >= 0.6 is 7.75 Å². The summed E-state index contributed by atoms with van der Waals surface area (Å²) in [4.78, 5) is 18.2. The molecule has 0 bridgehead atoms. The van der Waals surface area contributed by atoms with E-state index in [4.69, 9.17) is 9.79 Å². The number of benzene rings is 1. The third-order valence-corrected chi connectivity index (χ3v) is 4.42. The molecule has 0 spiro atoms. The Labute approximate surface area is 144 Å². The quantitative estimate of drug-likeness (QED) is 0.342. The fourth-order valence-corrected chi connectivity index (χ4v) is 3.43. The first kappa shape index (κ1) is 19.4. The maximum atomic E-state index is 11.2. The summed E-state index contributed by atoms with van der Waals surface area (Å²) in [5.74, 6) is -4.25. The van der Waals surface area contributed by atoms with Crippen LogP contribution in [0.4, 0.5) is 0 Å². The molecule has 136 valence electrons. The number of aromatic hydroxyl groups is 1. The van der Waals surface area contributed by atoms with Gasteiger partial charge < -0.3 is 30.2 Å². The first-order valence-corrected chi connectivity index (χ1v) is 9.11. The molecule has 1 aromatic rings. The Morgan fingerprint density at radius 2 is 1.96 bits per heavy atom. The molecule has 1 aliphatic carbocycles. The molecule has 0 fully saturated rings. The van der Waals surface area contributed by atoms with Crippen molar-refractivity contribution in [3.8, 4) is 5.75 Å². The Balaban J connectivity index is 2.59. The van der Waals surface area contributed by atoms with E-state index in [-0.39, 0.29) is 24.3 Å². The maximum absolute atomic E-state index is 11.2. The lowest BCUT2D eigenvalue weighted by Gasteiger charge is -2.35. The third-order valence-electron chi connectivity index (χ3n) is 3.92. The van der Waals surface area contributed by atoms with Gasteiger partial charge >= 0.3 is 7.75 Å². The van der Waals surface area contributed by atoms with E-state index < -0.39 is 30.8 Å². The summed E-state index contributed by atoms with van der Waals surface area (Å²) in [7, 11) is -4.84. The Kier molecular flexibility index (Phi) is 5.51. The number of nitrogens with zero attached hydrogens (tertiary/aromatic N) is 1. The van der Waals surface area contributed by atoms with Crippen molar-refractivity contribution < 1.29 is 34.8 Å². The van der Waals surface area contributed by atoms with E-state index in [0.29, 0.717) is 5.56 Å². The van der Waals surface area contributed by atoms with Gasteiger partial charge in [-0.3, -0.25) is 0 Å². The minimum absolute atomic E-state index is 0.0717. The summed E-state index contributed by atoms with van der Waals surface area (Å²) >= 11 is 0. The van der Waals surface area contributed by atoms with E-state index in [2.05, 4.69) is 4.76 Å². The monoisotopic (exact) mass is 369 g/mol. The average molecular weight is 369 g/mol. The van der Waals surface area contributed by atoms with Crippen molar-refractivity contribution in [2.75, 3.05) is 0 Å². The zero-order valence-corrected chi connectivity index (χ0v) is 14.3. The number of aliphatic hydroxyl groups excluding tert-OH is 1. The van der Waals surface area contributed by atoms with Crippen molar-refractivity contribution in [1.29, 1.82) is 0 Å². The van der Waals surface area contributed by atoms with Gasteiger partial charge in [0.15, 0.2) is 0 Å². The number of allylic oxidation sites excluding steroid dienone is 2. The Hall–Kier alpha value is -1.96. The average Bonchev–Trinajstić information content (AvgIpc) is 2.45. The van der Waals surface area contributed by atoms with E-state index in [9.17, 15) is 25.0 Å². The lowest BCUT2D eigenvalue weighted by molar-refractivity contribution is -0.145. The fraction of sp³-hybridized carbons (Fsp3) is 0.312. The summed E-state index contributed by atoms with van der Waals surface area (Å²) in [6, 6.07) is 5.88. The molecule has 0 aliphatic heterocycles. The summed E-state index contributed by atoms with van der Waals surface area (Å²) < 4.78 is 14.5. The highest BCUT2D eigenvalue weighted by Gasteiger charge is 2.43. The second-order valence-corrected chi connectivity index (χ2v) is 6.94. The molecular formula is C16H20NO7P. The smallest absolute Gasteiger partial charge is 0.448 e. The van der Waals surface area contributed by atoms with Crippen LogP contribution in [0.25, 0.3) is 0 Å². The highest BCUT2D eigenvalue weighted by molar-refractivity contribution is 7.50. The summed E-state index contributed by atoms with van der Waals surface area (Å²) in [6.45, 7) is 1.67. The van der Waals surface area contributed by atoms with Gasteiger partial charge in [-0.25, -0.2) is 4.57 Å². The van der Waals surface area contributed by atoms with Crippen LogP contribution < -0.4 is 0 Å². The molecular weight excluding hydrogens is 349 g/mol. The number of hydrogen-bond donors (Lipinski definition) is 6. The van der Waals surface area contributed by atoms with Gasteiger partial charge in [0.2, 0.25) is 5.79 Å². The van der Waals surface area contributed by atoms with Gasteiger partial charge in [0.05, 0.1) is 11.3 Å². The molecule has 8 nitrogen and oxygen atoms in total. The second kappa shape index (κ2) is 7.11. The topological polar surface area (TPSA) is 151 Å². The van der Waals surface area contributed by atoms with Crippen LogP contribution in [0.1, 0.15) is 31.2 Å². The molecule has 1 unspecified atom stereocenters. The standard InChI is InChI=1S/C16H20NO7P/c1-2-12(10-5-3-6-11(18)9-10)16(20,21)15-13(17-25(22,23)24)7-4-8-14(15)19/h3-6,8-9,12,18-21H,2,7H2,1H3,(H2,22,23,24). The van der Waals surface area contributed by atoms with Crippen molar-refractivity contribution in [1.82, 2.24) is 0 Å². The van der Waals surface area contributed by atoms with Gasteiger partial charge in [0.25, 0.3) is 0 Å². The van der Waals surface area contributed by atoms with E-state index in [0.717, 1.165) is 0 Å². The zero-order chi connectivity index (χ0) is 18.8. The van der Waals surface area contributed by atoms with Gasteiger partial charge in [-0.15, -0.1) is 0 Å². The number of hydrogen-bond acceptors (Lipinski definition) is 5. The van der Waals surface area contributed by atoms with Crippen molar-refractivity contribution in [3.05, 3.63) is 53.3 Å². The molecule has 0 amide bonds. The molecule has 1 atom stereocenters. The predicted octanol–water partition coefficient (Wildman–Crippen LogP) is 1.87. The number of aliphatic hydroxyl groups is 3. The zero-order valence-electron chi connectivity index (χ0n) is 13.4. The number of rotatable bonds is 5. The SMILES string of the molecule is CCC(c1cccc(O)c1)C(O)(O)C1=C(O)C=CCC1=NP(=O)(O)O. The van der Waals surface area contributed by atoms with E-state index >= 15 is 0 Å². The molecule has 0 aromatic heterocycles. The third kappa shape index (κ3) is 4.36. The number of phenolic OH excluding ortho intramolecular Hbond substituents is 1. The normalized spacial score (nSPS) is 18.7. The molecule has 2 rings (SSSR count). The predicted molar refractivity (Wildman–Crippen MR) is 91.2 cm³/mol. The molecule has 6 N–H and O–H groups in total. The minimum atomic E-state index is -4.84. The van der Waals surface area contributed by atoms with Crippen LogP contribution in [-0.4, -0.2) is 41.7 Å². The molecule has 0 saturated carbocycles. The molecule has 9 heteroatoms. The summed E-state index contributed by atoms with van der Waals surface area (Å²) in [6.07, 6.45) is 2.74. The highest BCUT2D eigenvalue weighted by Crippen LogP contribution is 2.43. The van der Waals surface area contributed by atoms with Crippen LogP contribution in [0.3, 0.4) is 0 Å². The molecule has 1 aromatic carbocycles. The lowest BCUT2D eigenvalue weighted by Crippen LogP contribution is -2.42. The minimum Gasteiger partial charge on any atom is -0.508 e. The van der Waals surface area contributed by atoms with Crippen LogP contribution in [-0.2, 0) is 4.57 Å². The van der Waals surface area contributed by atoms with Gasteiger partial charge in [-0.1, -0.05) is 25.1 Å². The molecule has 0 saturated heterocycles. The van der Waals surface area contributed by atoms with Crippen molar-refractivity contribution in [2.24, 2.45) is 4.76 Å². The van der Waals surface area contributed by atoms with E-state index in [1.807, 2.05) is 0 Å². The Morgan fingerprint density at radius 3 is 2.52 bits per heavy atom. The Morgan fingerprint density at radius 1 is 1.28 bits per heavy atom. The molecule has 0 radical (unpaired) electrons. The van der Waals surface area contributed by atoms with E-state index in [1.54, 1.807) is 13.0 Å². The van der Waals surface area contributed by atoms with Crippen molar-refractivity contribution in [2.45, 2.75) is 31.5 Å².